The van der Waals surface area contributed by atoms with Gasteiger partial charge in [-0.1, -0.05) is 30.3 Å². The number of hydrogen-bond acceptors (Lipinski definition) is 2. The molecule has 3 amide bonds. The molecular weight excluding hydrogens is 311 g/mol. The highest BCUT2D eigenvalue weighted by Gasteiger charge is 2.44. The summed E-state index contributed by atoms with van der Waals surface area (Å²) in [5.41, 5.74) is -0.0332. The predicted octanol–water partition coefficient (Wildman–Crippen LogP) is 2.07. The lowest BCUT2D eigenvalue weighted by molar-refractivity contribution is -0.156. The second-order valence-electron chi connectivity index (χ2n) is 5.33. The lowest BCUT2D eigenvalue weighted by atomic mass is 9.99. The van der Waals surface area contributed by atoms with Crippen LogP contribution in [0.5, 0.6) is 0 Å². The van der Waals surface area contributed by atoms with E-state index in [2.05, 4.69) is 5.32 Å². The molecule has 1 aliphatic heterocycles. The molecule has 1 heterocycles. The first-order valence-corrected chi connectivity index (χ1v) is 7.27. The topological polar surface area (TPSA) is 61.4 Å². The standard InChI is InChI=1S/C15H18F3N3O2/c1-2-19-13(22)11-8-21(9-11)14(23)20-12(15(16,17)18)10-6-4-3-5-7-10/h3-7,11-12H,2,8-9H2,1H3,(H,19,22)(H,20,23)/t12-/m1/s1. The van der Waals surface area contributed by atoms with Crippen LogP contribution in [0.15, 0.2) is 30.3 Å². The Bertz CT molecular complexity index is 557. The molecule has 5 nitrogen and oxygen atoms in total. The number of halogens is 3. The molecule has 1 aliphatic rings. The van der Waals surface area contributed by atoms with Crippen molar-refractivity contribution in [2.45, 2.75) is 19.1 Å². The maximum atomic E-state index is 13.2. The van der Waals surface area contributed by atoms with Gasteiger partial charge in [0.2, 0.25) is 5.91 Å². The number of alkyl halides is 3. The van der Waals surface area contributed by atoms with Gasteiger partial charge in [0.1, 0.15) is 0 Å². The van der Waals surface area contributed by atoms with Crippen molar-refractivity contribution in [3.05, 3.63) is 35.9 Å². The van der Waals surface area contributed by atoms with Gasteiger partial charge in [0.05, 0.1) is 5.92 Å². The van der Waals surface area contributed by atoms with Gasteiger partial charge in [-0.3, -0.25) is 4.79 Å². The van der Waals surface area contributed by atoms with Crippen molar-refractivity contribution in [2.75, 3.05) is 19.6 Å². The van der Waals surface area contributed by atoms with Gasteiger partial charge in [-0.15, -0.1) is 0 Å². The van der Waals surface area contributed by atoms with Crippen molar-refractivity contribution in [2.24, 2.45) is 5.92 Å². The lowest BCUT2D eigenvalue weighted by Gasteiger charge is -2.39. The first-order valence-electron chi connectivity index (χ1n) is 7.27. The van der Waals surface area contributed by atoms with E-state index in [0.717, 1.165) is 0 Å². The first-order chi connectivity index (χ1) is 10.8. The summed E-state index contributed by atoms with van der Waals surface area (Å²) < 4.78 is 39.5. The molecule has 0 saturated carbocycles. The molecule has 0 aliphatic carbocycles. The highest BCUT2D eigenvalue weighted by molar-refractivity contribution is 5.84. The molecule has 0 unspecified atom stereocenters. The summed E-state index contributed by atoms with van der Waals surface area (Å²) in [7, 11) is 0. The van der Waals surface area contributed by atoms with E-state index in [-0.39, 0.29) is 30.5 Å². The summed E-state index contributed by atoms with van der Waals surface area (Å²) >= 11 is 0. The van der Waals surface area contributed by atoms with Gasteiger partial charge in [0.25, 0.3) is 0 Å². The first kappa shape index (κ1) is 17.1. The summed E-state index contributed by atoms with van der Waals surface area (Å²) in [6, 6.07) is 4.30. The highest BCUT2D eigenvalue weighted by atomic mass is 19.4. The smallest absolute Gasteiger partial charge is 0.356 e. The number of likely N-dealkylation sites (tertiary alicyclic amines) is 1. The van der Waals surface area contributed by atoms with Gasteiger partial charge in [0, 0.05) is 19.6 Å². The maximum Gasteiger partial charge on any atom is 0.412 e. The van der Waals surface area contributed by atoms with Crippen molar-refractivity contribution in [1.82, 2.24) is 15.5 Å². The monoisotopic (exact) mass is 329 g/mol. The third kappa shape index (κ3) is 4.14. The van der Waals surface area contributed by atoms with Crippen LogP contribution < -0.4 is 10.6 Å². The second-order valence-corrected chi connectivity index (χ2v) is 5.33. The summed E-state index contributed by atoms with van der Waals surface area (Å²) in [4.78, 5) is 24.7. The molecule has 1 saturated heterocycles. The fourth-order valence-corrected chi connectivity index (χ4v) is 2.34. The van der Waals surface area contributed by atoms with E-state index in [1.807, 2.05) is 5.32 Å². The van der Waals surface area contributed by atoms with Crippen LogP contribution in [0, 0.1) is 5.92 Å². The summed E-state index contributed by atoms with van der Waals surface area (Å²) in [6.45, 7) is 2.49. The van der Waals surface area contributed by atoms with Gasteiger partial charge in [0.15, 0.2) is 6.04 Å². The minimum absolute atomic E-state index is 0.0332. The van der Waals surface area contributed by atoms with Crippen LogP contribution in [0.1, 0.15) is 18.5 Å². The Morgan fingerprint density at radius 3 is 2.39 bits per heavy atom. The number of rotatable bonds is 4. The summed E-state index contributed by atoms with van der Waals surface area (Å²) in [5.74, 6) is -0.547. The molecule has 0 aromatic heterocycles. The molecule has 0 spiro atoms. The number of hydrogen-bond donors (Lipinski definition) is 2. The van der Waals surface area contributed by atoms with Crippen LogP contribution in [0.4, 0.5) is 18.0 Å². The number of carbonyl (C=O) groups excluding carboxylic acids is 2. The molecule has 1 atom stereocenters. The third-order valence-corrected chi connectivity index (χ3v) is 3.62. The Labute approximate surface area is 131 Å². The van der Waals surface area contributed by atoms with Crippen molar-refractivity contribution >= 4 is 11.9 Å². The van der Waals surface area contributed by atoms with Gasteiger partial charge in [-0.05, 0) is 12.5 Å². The molecule has 23 heavy (non-hydrogen) atoms. The van der Waals surface area contributed by atoms with E-state index in [4.69, 9.17) is 0 Å². The fourth-order valence-electron chi connectivity index (χ4n) is 2.34. The number of urea groups is 1. The van der Waals surface area contributed by atoms with Crippen molar-refractivity contribution < 1.29 is 22.8 Å². The van der Waals surface area contributed by atoms with Crippen molar-refractivity contribution in [3.8, 4) is 0 Å². The second kappa shape index (κ2) is 6.89. The van der Waals surface area contributed by atoms with Crippen molar-refractivity contribution in [3.63, 3.8) is 0 Å². The zero-order valence-corrected chi connectivity index (χ0v) is 12.6. The van der Waals surface area contributed by atoms with Gasteiger partial charge < -0.3 is 15.5 Å². The number of amides is 3. The molecular formula is C15H18F3N3O2. The molecule has 0 bridgehead atoms. The Kier molecular flexibility index (Phi) is 5.12. The Morgan fingerprint density at radius 2 is 1.87 bits per heavy atom. The van der Waals surface area contributed by atoms with E-state index >= 15 is 0 Å². The van der Waals surface area contributed by atoms with Gasteiger partial charge in [-0.25, -0.2) is 4.79 Å². The van der Waals surface area contributed by atoms with Gasteiger partial charge >= 0.3 is 12.2 Å². The normalized spacial score (nSPS) is 16.4. The molecule has 1 fully saturated rings. The number of carbonyl (C=O) groups is 2. The largest absolute Gasteiger partial charge is 0.412 e. The number of nitrogens with one attached hydrogen (secondary N) is 2. The third-order valence-electron chi connectivity index (χ3n) is 3.62. The van der Waals surface area contributed by atoms with Crippen LogP contribution in [0.3, 0.4) is 0 Å². The molecule has 8 heteroatoms. The number of benzene rings is 1. The zero-order valence-electron chi connectivity index (χ0n) is 12.6. The molecule has 126 valence electrons. The predicted molar refractivity (Wildman–Crippen MR) is 77.5 cm³/mol. The summed E-state index contributed by atoms with van der Waals surface area (Å²) in [6.07, 6.45) is -4.60. The Morgan fingerprint density at radius 1 is 1.26 bits per heavy atom. The quantitative estimate of drug-likeness (QED) is 0.888. The number of nitrogens with zero attached hydrogens (tertiary/aromatic N) is 1. The van der Waals surface area contributed by atoms with E-state index in [1.54, 1.807) is 13.0 Å². The van der Waals surface area contributed by atoms with E-state index in [1.165, 1.54) is 29.2 Å². The van der Waals surface area contributed by atoms with Crippen LogP contribution in [0.25, 0.3) is 0 Å². The summed E-state index contributed by atoms with van der Waals surface area (Å²) in [5, 5.41) is 4.62. The minimum atomic E-state index is -4.60. The maximum absolute atomic E-state index is 13.2. The fraction of sp³-hybridized carbons (Fsp3) is 0.467. The molecule has 2 N–H and O–H groups in total. The van der Waals surface area contributed by atoms with E-state index in [0.29, 0.717) is 6.54 Å². The van der Waals surface area contributed by atoms with E-state index in [9.17, 15) is 22.8 Å². The molecule has 1 aromatic carbocycles. The average Bonchev–Trinajstić information content (AvgIpc) is 2.43. The molecule has 0 radical (unpaired) electrons. The van der Waals surface area contributed by atoms with Crippen LogP contribution >= 0.6 is 0 Å². The molecule has 2 rings (SSSR count). The Balaban J connectivity index is 1.97. The SMILES string of the molecule is CCNC(=O)C1CN(C(=O)N[C@H](c2ccccc2)C(F)(F)F)C1. The van der Waals surface area contributed by atoms with E-state index < -0.39 is 18.2 Å². The lowest BCUT2D eigenvalue weighted by Crippen LogP contribution is -2.59. The highest BCUT2D eigenvalue weighted by Crippen LogP contribution is 2.33. The minimum Gasteiger partial charge on any atom is -0.356 e. The molecule has 1 aromatic rings. The van der Waals surface area contributed by atoms with Crippen LogP contribution in [-0.2, 0) is 4.79 Å². The van der Waals surface area contributed by atoms with Crippen molar-refractivity contribution in [1.29, 1.82) is 0 Å². The average molecular weight is 329 g/mol. The zero-order chi connectivity index (χ0) is 17.0. The van der Waals surface area contributed by atoms with Crippen LogP contribution in [-0.4, -0.2) is 42.6 Å². The van der Waals surface area contributed by atoms with Gasteiger partial charge in [-0.2, -0.15) is 13.2 Å². The Hall–Kier alpha value is -2.25. The van der Waals surface area contributed by atoms with Crippen LogP contribution in [0.2, 0.25) is 0 Å².